The van der Waals surface area contributed by atoms with Crippen LogP contribution in [0.5, 0.6) is 0 Å². The lowest BCUT2D eigenvalue weighted by molar-refractivity contribution is -0.0261. The van der Waals surface area contributed by atoms with Gasteiger partial charge in [-0.3, -0.25) is 0 Å². The lowest BCUT2D eigenvalue weighted by Crippen LogP contribution is -2.27. The van der Waals surface area contributed by atoms with Gasteiger partial charge in [-0.15, -0.1) is 0 Å². The maximum atomic E-state index is 12.9. The number of alkyl halides is 2. The number of hydrogen-bond donors (Lipinski definition) is 1. The zero-order valence-electron chi connectivity index (χ0n) is 6.45. The summed E-state index contributed by atoms with van der Waals surface area (Å²) in [4.78, 5) is 0. The summed E-state index contributed by atoms with van der Waals surface area (Å²) in [5, 5.41) is 2.75. The van der Waals surface area contributed by atoms with Crippen LogP contribution in [0, 0.1) is 11.8 Å². The summed E-state index contributed by atoms with van der Waals surface area (Å²) in [7, 11) is 0. The highest BCUT2D eigenvalue weighted by Gasteiger charge is 2.45. The Hall–Kier alpha value is -0.180. The zero-order chi connectivity index (χ0) is 7.90. The second kappa shape index (κ2) is 2.41. The van der Waals surface area contributed by atoms with Crippen molar-refractivity contribution in [3.05, 3.63) is 0 Å². The van der Waals surface area contributed by atoms with Crippen LogP contribution in [0.3, 0.4) is 0 Å². The van der Waals surface area contributed by atoms with Crippen LogP contribution >= 0.6 is 0 Å². The Kier molecular flexibility index (Phi) is 1.63. The van der Waals surface area contributed by atoms with Crippen LogP contribution in [-0.4, -0.2) is 19.0 Å². The topological polar surface area (TPSA) is 12.0 Å². The Morgan fingerprint density at radius 3 is 2.55 bits per heavy atom. The first-order valence-corrected chi connectivity index (χ1v) is 4.27. The van der Waals surface area contributed by atoms with Gasteiger partial charge in [-0.1, -0.05) is 12.8 Å². The van der Waals surface area contributed by atoms with E-state index in [4.69, 9.17) is 0 Å². The Labute approximate surface area is 65.2 Å². The lowest BCUT2D eigenvalue weighted by Gasteiger charge is -2.16. The van der Waals surface area contributed by atoms with Crippen LogP contribution in [0.25, 0.3) is 0 Å². The predicted octanol–water partition coefficient (Wildman–Crippen LogP) is 1.64. The second-order valence-electron chi connectivity index (χ2n) is 3.77. The molecule has 1 aliphatic heterocycles. The van der Waals surface area contributed by atoms with Crippen molar-refractivity contribution in [1.29, 1.82) is 0 Å². The predicted molar refractivity (Wildman–Crippen MR) is 38.6 cm³/mol. The zero-order valence-corrected chi connectivity index (χ0v) is 6.45. The maximum Gasteiger partial charge on any atom is 0.264 e. The van der Waals surface area contributed by atoms with Crippen LogP contribution in [0.1, 0.15) is 19.3 Å². The van der Waals surface area contributed by atoms with Crippen molar-refractivity contribution < 1.29 is 8.78 Å². The van der Waals surface area contributed by atoms with Crippen LogP contribution in [0.15, 0.2) is 0 Å². The fourth-order valence-corrected chi connectivity index (χ4v) is 1.72. The molecule has 0 aromatic heterocycles. The highest BCUT2D eigenvalue weighted by atomic mass is 19.3. The molecule has 0 radical (unpaired) electrons. The highest BCUT2D eigenvalue weighted by molar-refractivity contribution is 4.91. The van der Waals surface area contributed by atoms with E-state index in [1.54, 1.807) is 0 Å². The largest absolute Gasteiger partial charge is 0.311 e. The summed E-state index contributed by atoms with van der Waals surface area (Å²) < 4.78 is 25.9. The summed E-state index contributed by atoms with van der Waals surface area (Å²) >= 11 is 0. The smallest absolute Gasteiger partial charge is 0.264 e. The van der Waals surface area contributed by atoms with Gasteiger partial charge in [0.05, 0.1) is 6.54 Å². The van der Waals surface area contributed by atoms with E-state index in [2.05, 4.69) is 5.32 Å². The molecule has 1 aliphatic carbocycles. The Morgan fingerprint density at radius 2 is 2.09 bits per heavy atom. The molecule has 1 saturated carbocycles. The van der Waals surface area contributed by atoms with E-state index < -0.39 is 5.92 Å². The highest BCUT2D eigenvalue weighted by Crippen LogP contribution is 2.41. The van der Waals surface area contributed by atoms with Crippen molar-refractivity contribution in [2.45, 2.75) is 25.2 Å². The Morgan fingerprint density at radius 1 is 1.36 bits per heavy atom. The average Bonchev–Trinajstić information content (AvgIpc) is 2.63. The van der Waals surface area contributed by atoms with Crippen molar-refractivity contribution in [3.8, 4) is 0 Å². The van der Waals surface area contributed by atoms with Gasteiger partial charge < -0.3 is 5.32 Å². The van der Waals surface area contributed by atoms with E-state index in [1.165, 1.54) is 12.8 Å². The van der Waals surface area contributed by atoms with E-state index in [1.807, 2.05) is 0 Å². The van der Waals surface area contributed by atoms with E-state index in [0.717, 1.165) is 6.42 Å². The van der Waals surface area contributed by atoms with Crippen molar-refractivity contribution in [3.63, 3.8) is 0 Å². The van der Waals surface area contributed by atoms with Crippen molar-refractivity contribution in [2.24, 2.45) is 11.8 Å². The molecule has 0 bridgehead atoms. The molecule has 3 heteroatoms. The first kappa shape index (κ1) is 7.47. The standard InChI is InChI=1S/C8H13F2N/c9-8(10)5-11-4-7(8)3-6-1-2-6/h6-7,11H,1-5H2. The molecule has 0 amide bonds. The first-order valence-electron chi connectivity index (χ1n) is 4.27. The summed E-state index contributed by atoms with van der Waals surface area (Å²) in [6.45, 7) is 0.411. The number of hydrogen-bond acceptors (Lipinski definition) is 1. The van der Waals surface area contributed by atoms with Crippen molar-refractivity contribution in [2.75, 3.05) is 13.1 Å². The molecular weight excluding hydrogens is 148 g/mol. The molecule has 0 spiro atoms. The van der Waals surface area contributed by atoms with Gasteiger partial charge >= 0.3 is 0 Å². The SMILES string of the molecule is FC1(F)CNCC1CC1CC1. The first-order chi connectivity index (χ1) is 5.18. The van der Waals surface area contributed by atoms with Gasteiger partial charge in [-0.2, -0.15) is 0 Å². The fourth-order valence-electron chi connectivity index (χ4n) is 1.72. The molecule has 64 valence electrons. The van der Waals surface area contributed by atoms with Gasteiger partial charge in [0.25, 0.3) is 5.92 Å². The quantitative estimate of drug-likeness (QED) is 0.649. The third-order valence-corrected chi connectivity index (χ3v) is 2.66. The molecule has 1 nitrogen and oxygen atoms in total. The summed E-state index contributed by atoms with van der Waals surface area (Å²) in [5.41, 5.74) is 0. The normalized spacial score (nSPS) is 36.0. The molecule has 11 heavy (non-hydrogen) atoms. The van der Waals surface area contributed by atoms with Gasteiger partial charge in [0.2, 0.25) is 0 Å². The Balaban J connectivity index is 1.90. The molecule has 1 unspecified atom stereocenters. The van der Waals surface area contributed by atoms with E-state index in [-0.39, 0.29) is 12.5 Å². The molecule has 2 aliphatic rings. The minimum atomic E-state index is -2.43. The van der Waals surface area contributed by atoms with Crippen LogP contribution in [0.2, 0.25) is 0 Å². The summed E-state index contributed by atoms with van der Waals surface area (Å²) in [5.74, 6) is -2.19. The fraction of sp³-hybridized carbons (Fsp3) is 1.00. The van der Waals surface area contributed by atoms with E-state index in [9.17, 15) is 8.78 Å². The lowest BCUT2D eigenvalue weighted by atomic mass is 9.98. The molecule has 0 aromatic rings. The molecule has 2 fully saturated rings. The third-order valence-electron chi connectivity index (χ3n) is 2.66. The minimum Gasteiger partial charge on any atom is -0.311 e. The number of rotatable bonds is 2. The number of halogens is 2. The average molecular weight is 161 g/mol. The van der Waals surface area contributed by atoms with Crippen LogP contribution in [0.4, 0.5) is 8.78 Å². The molecular formula is C8H13F2N. The summed E-state index contributed by atoms with van der Waals surface area (Å²) in [6, 6.07) is 0. The van der Waals surface area contributed by atoms with Crippen molar-refractivity contribution in [1.82, 2.24) is 5.32 Å². The van der Waals surface area contributed by atoms with Crippen LogP contribution < -0.4 is 5.32 Å². The molecule has 1 atom stereocenters. The maximum absolute atomic E-state index is 12.9. The minimum absolute atomic E-state index is 0.107. The van der Waals surface area contributed by atoms with Crippen LogP contribution in [-0.2, 0) is 0 Å². The van der Waals surface area contributed by atoms with Gasteiger partial charge in [0.1, 0.15) is 0 Å². The molecule has 1 saturated heterocycles. The number of nitrogens with one attached hydrogen (secondary N) is 1. The molecule has 0 aromatic carbocycles. The van der Waals surface area contributed by atoms with Gasteiger partial charge in [0.15, 0.2) is 0 Å². The van der Waals surface area contributed by atoms with Gasteiger partial charge in [0, 0.05) is 12.5 Å². The third kappa shape index (κ3) is 1.53. The Bertz CT molecular complexity index is 154. The molecule has 1 N–H and O–H groups in total. The van der Waals surface area contributed by atoms with Gasteiger partial charge in [-0.05, 0) is 12.3 Å². The monoisotopic (exact) mass is 161 g/mol. The summed E-state index contributed by atoms with van der Waals surface area (Å²) in [6.07, 6.45) is 3.08. The second-order valence-corrected chi connectivity index (χ2v) is 3.77. The van der Waals surface area contributed by atoms with E-state index >= 15 is 0 Å². The molecule has 1 heterocycles. The van der Waals surface area contributed by atoms with Crippen molar-refractivity contribution >= 4 is 0 Å². The van der Waals surface area contributed by atoms with Gasteiger partial charge in [-0.25, -0.2) is 8.78 Å². The molecule has 2 rings (SSSR count). The van der Waals surface area contributed by atoms with E-state index in [0.29, 0.717) is 12.5 Å².